The number of rotatable bonds is 32. The molecular formula is C64H80F8N16Zn. The number of aromatic nitrogens is 8. The van der Waals surface area contributed by atoms with Gasteiger partial charge < -0.3 is 72.4 Å². The van der Waals surface area contributed by atoms with E-state index in [0.717, 1.165) is 0 Å². The van der Waals surface area contributed by atoms with E-state index >= 15 is 35.1 Å². The van der Waals surface area contributed by atoms with Gasteiger partial charge in [0, 0.05) is 96.5 Å². The van der Waals surface area contributed by atoms with Gasteiger partial charge in [0.25, 0.3) is 0 Å². The Morgan fingerprint density at radius 1 is 0.247 bits per heavy atom. The van der Waals surface area contributed by atoms with Gasteiger partial charge in [-0.05, 0) is 51.4 Å². The molecule has 0 saturated heterocycles. The zero-order chi connectivity index (χ0) is 62.8. The molecule has 8 bridgehead atoms. The number of nitrogens with zero attached hydrogens (tertiary/aromatic N) is 8. The van der Waals surface area contributed by atoms with Crippen molar-refractivity contribution in [2.45, 2.75) is 158 Å². The van der Waals surface area contributed by atoms with E-state index in [-0.39, 0.29) is 117 Å². The van der Waals surface area contributed by atoms with Crippen LogP contribution in [0.3, 0.4) is 0 Å². The first-order valence-corrected chi connectivity index (χ1v) is 31.6. The largest absolute Gasteiger partial charge is 2.00 e. The third kappa shape index (κ3) is 13.5. The van der Waals surface area contributed by atoms with Crippen molar-refractivity contribution in [2.24, 2.45) is 0 Å². The summed E-state index contributed by atoms with van der Waals surface area (Å²) in [7, 11) is 0. The Labute approximate surface area is 526 Å². The van der Waals surface area contributed by atoms with Gasteiger partial charge in [0.15, 0.2) is 46.5 Å². The molecule has 9 rings (SSSR count). The first kappa shape index (κ1) is 67.6. The number of hydrogen-bond acceptors (Lipinski definition) is 14. The van der Waals surface area contributed by atoms with E-state index in [1.807, 2.05) is 55.4 Å². The molecule has 3 aromatic heterocycles. The van der Waals surface area contributed by atoms with Crippen LogP contribution in [0.4, 0.5) is 80.6 Å². The molecule has 0 saturated carbocycles. The van der Waals surface area contributed by atoms with Gasteiger partial charge in [0.2, 0.25) is 0 Å². The minimum atomic E-state index is -1.06. The second kappa shape index (κ2) is 31.0. The Morgan fingerprint density at radius 2 is 0.404 bits per heavy atom. The number of hydrogen-bond donors (Lipinski definition) is 8. The molecule has 0 atom stereocenters. The summed E-state index contributed by atoms with van der Waals surface area (Å²) in [6.07, 6.45) is 10.0. The van der Waals surface area contributed by atoms with Gasteiger partial charge in [0.05, 0.1) is 91.1 Å². The third-order valence-corrected chi connectivity index (χ3v) is 15.7. The number of fused-ring (bicyclic) bond motifs is 20. The average Bonchev–Trinajstić information content (AvgIpc) is 1.63. The van der Waals surface area contributed by atoms with Gasteiger partial charge in [-0.15, -0.1) is 0 Å². The molecule has 0 aliphatic carbocycles. The van der Waals surface area contributed by atoms with Crippen LogP contribution in [-0.2, 0) is 19.5 Å². The topological polar surface area (TPSA) is 202 Å². The average molecular weight is 1290 g/mol. The van der Waals surface area contributed by atoms with Crippen molar-refractivity contribution in [3.8, 4) is 45.6 Å². The predicted octanol–water partition coefficient (Wildman–Crippen LogP) is 16.9. The fraction of sp³-hybridized carbons (Fsp3) is 0.500. The molecule has 8 N–H and O–H groups in total. The SMILES string of the molecule is CCCCNc1c(F)c2c(c(F)c1NCCCC)-c1nc-2nc2[n-]c(nc3nc(nc4[n-]c(n1)c1c(F)c(NCCCC)c(NCCCC)c(F)c41)-c1c(F)c(NCCCC)c(NCCCC)c(F)c1-3)c1c(F)c(NCCCC)c(NCCCC)c(F)c21.[Zn+2]. The molecule has 25 heteroatoms. The van der Waals surface area contributed by atoms with Crippen LogP contribution in [0.5, 0.6) is 0 Å². The number of nitrogens with one attached hydrogen (secondary N) is 8. The zero-order valence-electron chi connectivity index (χ0n) is 52.3. The smallest absolute Gasteiger partial charge is 0.381 e. The van der Waals surface area contributed by atoms with Crippen LogP contribution in [0, 0.1) is 46.5 Å². The van der Waals surface area contributed by atoms with Crippen LogP contribution in [0.2, 0.25) is 0 Å². The summed E-state index contributed by atoms with van der Waals surface area (Å²) >= 11 is 0. The van der Waals surface area contributed by atoms with Gasteiger partial charge >= 0.3 is 19.5 Å². The zero-order valence-corrected chi connectivity index (χ0v) is 55.2. The summed E-state index contributed by atoms with van der Waals surface area (Å²) in [6, 6.07) is 0. The molecule has 0 spiro atoms. The van der Waals surface area contributed by atoms with E-state index in [4.69, 9.17) is 19.9 Å². The van der Waals surface area contributed by atoms with Crippen LogP contribution >= 0.6 is 0 Å². The van der Waals surface area contributed by atoms with Crippen molar-refractivity contribution in [1.82, 2.24) is 39.9 Å². The molecule has 0 radical (unpaired) electrons. The van der Waals surface area contributed by atoms with Gasteiger partial charge in [0.1, 0.15) is 0 Å². The van der Waals surface area contributed by atoms with Gasteiger partial charge in [-0.1, -0.05) is 107 Å². The molecule has 4 aromatic carbocycles. The molecule has 16 nitrogen and oxygen atoms in total. The molecule has 7 aromatic rings. The standard InChI is InChI=1S/C64H80F8N16.Zn/c1-9-17-25-73-49-41(65)33-34(42(66)50(49)74-26-18-10-2)58-81-57(33)85-59-35-36(44(68)52(76-28-20-12-4)51(43(35)67)75-27-19-11-3)61(82-59)87-63-39-40(48(72)56(80-32-24-16-8)55(47(39)71)79-31-23-15-7)64(84-63)88-62-38-37(60(83-62)86-58)45(69)53(77-29-21-13-5)54(46(38)70)78-30-22-14-6;/h73-80H,9-32H2,1-8H3;/q-2;+2. The first-order valence-electron chi connectivity index (χ1n) is 31.6. The number of anilines is 8. The van der Waals surface area contributed by atoms with Crippen molar-refractivity contribution in [3.63, 3.8) is 0 Å². The maximum atomic E-state index is 18.1. The Morgan fingerprint density at radius 3 is 0.562 bits per heavy atom. The Bertz CT molecular complexity index is 3370. The first-order chi connectivity index (χ1) is 42.7. The van der Waals surface area contributed by atoms with E-state index in [9.17, 15) is 0 Å². The van der Waals surface area contributed by atoms with E-state index in [1.165, 1.54) is 0 Å². The number of halogens is 8. The molecule has 0 amide bonds. The van der Waals surface area contributed by atoms with Crippen LogP contribution in [0.1, 0.15) is 158 Å². The molecule has 89 heavy (non-hydrogen) atoms. The van der Waals surface area contributed by atoms with Crippen molar-refractivity contribution >= 4 is 89.6 Å². The van der Waals surface area contributed by atoms with E-state index < -0.39 is 136 Å². The van der Waals surface area contributed by atoms with Crippen LogP contribution in [-0.4, -0.2) is 82.3 Å². The normalized spacial score (nSPS) is 11.7. The minimum Gasteiger partial charge on any atom is -0.381 e. The predicted molar refractivity (Wildman–Crippen MR) is 341 cm³/mol. The Kier molecular flexibility index (Phi) is 23.5. The molecule has 0 fully saturated rings. The third-order valence-electron chi connectivity index (χ3n) is 15.7. The van der Waals surface area contributed by atoms with Crippen LogP contribution < -0.4 is 52.5 Å². The summed E-state index contributed by atoms with van der Waals surface area (Å²) in [5.74, 6) is -11.0. The summed E-state index contributed by atoms with van der Waals surface area (Å²) in [5, 5.41) is 22.1. The monoisotopic (exact) mass is 1290 g/mol. The second-order valence-electron chi connectivity index (χ2n) is 22.2. The molecule has 474 valence electrons. The Balaban J connectivity index is 0.0000102. The number of benzene rings is 4. The van der Waals surface area contributed by atoms with Gasteiger partial charge in [-0.25, -0.2) is 45.1 Å². The fourth-order valence-corrected chi connectivity index (χ4v) is 10.8. The summed E-state index contributed by atoms with van der Waals surface area (Å²) in [6.45, 7) is 17.1. The number of unbranched alkanes of at least 4 members (excludes halogenated alkanes) is 8. The maximum Gasteiger partial charge on any atom is 2.00 e. The summed E-state index contributed by atoms with van der Waals surface area (Å²) < 4.78 is 145. The van der Waals surface area contributed by atoms with Crippen LogP contribution in [0.25, 0.3) is 89.7 Å². The van der Waals surface area contributed by atoms with E-state index in [2.05, 4.69) is 62.5 Å². The molecule has 5 heterocycles. The van der Waals surface area contributed by atoms with Crippen LogP contribution in [0.15, 0.2) is 0 Å². The van der Waals surface area contributed by atoms with Crippen molar-refractivity contribution in [2.75, 3.05) is 94.9 Å². The summed E-state index contributed by atoms with van der Waals surface area (Å²) in [4.78, 5) is 37.3. The van der Waals surface area contributed by atoms with Gasteiger partial charge in [-0.3, -0.25) is 0 Å². The molecule has 2 aliphatic rings. The molecule has 0 unspecified atom stereocenters. The molecular weight excluding hydrogens is 1210 g/mol. The Hall–Kier alpha value is -7.30. The second-order valence-corrected chi connectivity index (χ2v) is 22.2. The quantitative estimate of drug-likeness (QED) is 0.0112. The minimum absolute atomic E-state index is 0. The fourth-order valence-electron chi connectivity index (χ4n) is 10.8. The van der Waals surface area contributed by atoms with E-state index in [0.29, 0.717) is 103 Å². The van der Waals surface area contributed by atoms with E-state index in [1.54, 1.807) is 0 Å². The molecule has 2 aliphatic heterocycles. The van der Waals surface area contributed by atoms with Crippen molar-refractivity contribution in [1.29, 1.82) is 0 Å². The maximum absolute atomic E-state index is 18.1. The summed E-state index contributed by atoms with van der Waals surface area (Å²) in [5.41, 5.74) is -7.05. The van der Waals surface area contributed by atoms with Crippen molar-refractivity contribution in [3.05, 3.63) is 46.5 Å². The van der Waals surface area contributed by atoms with Gasteiger partial charge in [-0.2, -0.15) is 0 Å². The van der Waals surface area contributed by atoms with Crippen molar-refractivity contribution < 1.29 is 54.6 Å².